The maximum atomic E-state index is 13.4. The average Bonchev–Trinajstić information content (AvgIpc) is 2.91. The summed E-state index contributed by atoms with van der Waals surface area (Å²) in [4.78, 5) is 39.3. The van der Waals surface area contributed by atoms with E-state index in [-0.39, 0.29) is 11.9 Å². The van der Waals surface area contributed by atoms with Crippen molar-refractivity contribution in [1.82, 2.24) is 25.0 Å². The predicted octanol–water partition coefficient (Wildman–Crippen LogP) is 3.11. The average molecular weight is 485 g/mol. The van der Waals surface area contributed by atoms with Gasteiger partial charge in [0.2, 0.25) is 5.91 Å². The Kier molecular flexibility index (Phi) is 9.24. The van der Waals surface area contributed by atoms with E-state index in [9.17, 15) is 9.59 Å². The van der Waals surface area contributed by atoms with Crippen molar-refractivity contribution in [2.45, 2.75) is 64.8 Å². The standard InChI is InChI=1S/C27H44N6O2/c1-3-4-5-13-28-27(35)32-15-11-24(12-16-32)33-14-7-9-23(21-33)26(34)31-19-17-30(18-20-31)25-10-6-8-22(2)29-25/h6,8,10,23-24H,3-5,7,9,11-21H2,1-2H3,(H,28,35). The number of carbonyl (C=O) groups excluding carboxylic acids is 2. The molecule has 1 aromatic rings. The Balaban J connectivity index is 1.21. The zero-order valence-electron chi connectivity index (χ0n) is 21.8. The Morgan fingerprint density at radius 1 is 0.971 bits per heavy atom. The van der Waals surface area contributed by atoms with E-state index in [2.05, 4.69) is 44.1 Å². The van der Waals surface area contributed by atoms with Gasteiger partial charge in [0.05, 0.1) is 5.92 Å². The largest absolute Gasteiger partial charge is 0.353 e. The summed E-state index contributed by atoms with van der Waals surface area (Å²) in [5.74, 6) is 1.45. The molecule has 1 unspecified atom stereocenters. The summed E-state index contributed by atoms with van der Waals surface area (Å²) in [6.07, 6.45) is 7.48. The van der Waals surface area contributed by atoms with Gasteiger partial charge in [-0.15, -0.1) is 0 Å². The molecule has 0 bridgehead atoms. The number of nitrogens with one attached hydrogen (secondary N) is 1. The number of pyridine rings is 1. The highest BCUT2D eigenvalue weighted by atomic mass is 16.2. The van der Waals surface area contributed by atoms with E-state index in [1.807, 2.05) is 17.9 Å². The highest BCUT2D eigenvalue weighted by Gasteiger charge is 2.35. The van der Waals surface area contributed by atoms with Gasteiger partial charge in [-0.2, -0.15) is 0 Å². The minimum Gasteiger partial charge on any atom is -0.353 e. The van der Waals surface area contributed by atoms with Crippen LogP contribution in [-0.2, 0) is 4.79 Å². The fourth-order valence-corrected chi connectivity index (χ4v) is 5.77. The number of unbranched alkanes of at least 4 members (excludes halogenated alkanes) is 2. The number of likely N-dealkylation sites (tertiary alicyclic amines) is 2. The number of urea groups is 1. The number of aryl methyl sites for hydroxylation is 1. The Labute approximate surface area is 211 Å². The second kappa shape index (κ2) is 12.6. The van der Waals surface area contributed by atoms with Crippen molar-refractivity contribution in [3.8, 4) is 0 Å². The first-order valence-electron chi connectivity index (χ1n) is 13.8. The Hall–Kier alpha value is -2.35. The summed E-state index contributed by atoms with van der Waals surface area (Å²) in [5.41, 5.74) is 1.03. The van der Waals surface area contributed by atoms with Crippen LogP contribution in [-0.4, -0.2) is 96.6 Å². The summed E-state index contributed by atoms with van der Waals surface area (Å²) in [7, 11) is 0. The number of aromatic nitrogens is 1. The lowest BCUT2D eigenvalue weighted by Gasteiger charge is -2.43. The summed E-state index contributed by atoms with van der Waals surface area (Å²) in [5, 5.41) is 3.07. The monoisotopic (exact) mass is 484 g/mol. The maximum Gasteiger partial charge on any atom is 0.317 e. The van der Waals surface area contributed by atoms with Gasteiger partial charge < -0.3 is 20.0 Å². The molecular weight excluding hydrogens is 440 g/mol. The number of hydrogen-bond acceptors (Lipinski definition) is 5. The van der Waals surface area contributed by atoms with Gasteiger partial charge in [0.1, 0.15) is 5.82 Å². The van der Waals surface area contributed by atoms with Gasteiger partial charge in [0.25, 0.3) is 0 Å². The summed E-state index contributed by atoms with van der Waals surface area (Å²) in [6, 6.07) is 6.71. The fraction of sp³-hybridized carbons (Fsp3) is 0.741. The highest BCUT2D eigenvalue weighted by Crippen LogP contribution is 2.26. The summed E-state index contributed by atoms with van der Waals surface area (Å²) >= 11 is 0. The van der Waals surface area contributed by atoms with Crippen LogP contribution < -0.4 is 10.2 Å². The minimum absolute atomic E-state index is 0.0891. The van der Waals surface area contributed by atoms with E-state index in [0.29, 0.717) is 11.9 Å². The second-order valence-electron chi connectivity index (χ2n) is 10.4. The molecule has 3 amide bonds. The van der Waals surface area contributed by atoms with Crippen LogP contribution in [0.4, 0.5) is 10.6 Å². The first-order valence-corrected chi connectivity index (χ1v) is 13.8. The lowest BCUT2D eigenvalue weighted by molar-refractivity contribution is -0.138. The lowest BCUT2D eigenvalue weighted by Crippen LogP contribution is -2.55. The Morgan fingerprint density at radius 3 is 2.46 bits per heavy atom. The smallest absolute Gasteiger partial charge is 0.317 e. The molecule has 3 aliphatic heterocycles. The number of anilines is 1. The van der Waals surface area contributed by atoms with Crippen LogP contribution in [0.3, 0.4) is 0 Å². The molecule has 3 fully saturated rings. The van der Waals surface area contributed by atoms with Crippen LogP contribution in [0, 0.1) is 12.8 Å². The molecular formula is C27H44N6O2. The molecule has 4 rings (SSSR count). The van der Waals surface area contributed by atoms with Gasteiger partial charge >= 0.3 is 6.03 Å². The molecule has 0 spiro atoms. The van der Waals surface area contributed by atoms with Crippen molar-refractivity contribution in [1.29, 1.82) is 0 Å². The molecule has 194 valence electrons. The Morgan fingerprint density at radius 2 is 1.74 bits per heavy atom. The van der Waals surface area contributed by atoms with Gasteiger partial charge in [-0.1, -0.05) is 25.8 Å². The molecule has 3 aliphatic rings. The lowest BCUT2D eigenvalue weighted by atomic mass is 9.92. The second-order valence-corrected chi connectivity index (χ2v) is 10.4. The normalized spacial score (nSPS) is 22.3. The molecule has 1 aromatic heterocycles. The number of carbonyl (C=O) groups is 2. The van der Waals surface area contributed by atoms with Crippen molar-refractivity contribution < 1.29 is 9.59 Å². The van der Waals surface area contributed by atoms with Crippen LogP contribution in [0.25, 0.3) is 0 Å². The van der Waals surface area contributed by atoms with E-state index in [1.165, 1.54) is 6.42 Å². The first-order chi connectivity index (χ1) is 17.0. The quantitative estimate of drug-likeness (QED) is 0.602. The molecule has 0 radical (unpaired) electrons. The zero-order chi connectivity index (χ0) is 24.6. The van der Waals surface area contributed by atoms with Crippen molar-refractivity contribution in [3.05, 3.63) is 23.9 Å². The van der Waals surface area contributed by atoms with E-state index in [0.717, 1.165) is 109 Å². The zero-order valence-corrected chi connectivity index (χ0v) is 21.8. The van der Waals surface area contributed by atoms with Crippen LogP contribution in [0.1, 0.15) is 57.6 Å². The van der Waals surface area contributed by atoms with Crippen molar-refractivity contribution in [3.63, 3.8) is 0 Å². The van der Waals surface area contributed by atoms with Crippen LogP contribution in [0.5, 0.6) is 0 Å². The van der Waals surface area contributed by atoms with Gasteiger partial charge in [-0.25, -0.2) is 9.78 Å². The third-order valence-electron chi connectivity index (χ3n) is 7.92. The molecule has 0 aromatic carbocycles. The molecule has 3 saturated heterocycles. The Bertz CT molecular complexity index is 833. The van der Waals surface area contributed by atoms with E-state index in [4.69, 9.17) is 0 Å². The number of piperidine rings is 2. The van der Waals surface area contributed by atoms with Crippen LogP contribution >= 0.6 is 0 Å². The summed E-state index contributed by atoms with van der Waals surface area (Å²) < 4.78 is 0. The SMILES string of the molecule is CCCCCNC(=O)N1CCC(N2CCCC(C(=O)N3CCN(c4cccc(C)n4)CC3)C2)CC1. The molecule has 35 heavy (non-hydrogen) atoms. The number of rotatable bonds is 7. The number of hydrogen-bond donors (Lipinski definition) is 1. The van der Waals surface area contributed by atoms with Crippen molar-refractivity contribution in [2.24, 2.45) is 5.92 Å². The number of piperazine rings is 1. The molecule has 1 N–H and O–H groups in total. The summed E-state index contributed by atoms with van der Waals surface area (Å²) in [6.45, 7) is 11.8. The van der Waals surface area contributed by atoms with Gasteiger partial charge in [-0.3, -0.25) is 9.69 Å². The van der Waals surface area contributed by atoms with Gasteiger partial charge in [-0.05, 0) is 57.7 Å². The third-order valence-corrected chi connectivity index (χ3v) is 7.92. The molecule has 8 heteroatoms. The maximum absolute atomic E-state index is 13.4. The van der Waals surface area contributed by atoms with Crippen molar-refractivity contribution >= 4 is 17.8 Å². The van der Waals surface area contributed by atoms with E-state index >= 15 is 0 Å². The fourth-order valence-electron chi connectivity index (χ4n) is 5.77. The number of amides is 3. The molecule has 0 saturated carbocycles. The van der Waals surface area contributed by atoms with Gasteiger partial charge in [0.15, 0.2) is 0 Å². The molecule has 8 nitrogen and oxygen atoms in total. The van der Waals surface area contributed by atoms with E-state index in [1.54, 1.807) is 0 Å². The molecule has 0 aliphatic carbocycles. The number of nitrogens with zero attached hydrogens (tertiary/aromatic N) is 5. The van der Waals surface area contributed by atoms with Crippen LogP contribution in [0.2, 0.25) is 0 Å². The first kappa shape index (κ1) is 25.7. The molecule has 4 heterocycles. The third kappa shape index (κ3) is 6.87. The van der Waals surface area contributed by atoms with Crippen LogP contribution in [0.15, 0.2) is 18.2 Å². The minimum atomic E-state index is 0.0891. The highest BCUT2D eigenvalue weighted by molar-refractivity contribution is 5.79. The topological polar surface area (TPSA) is 72.0 Å². The predicted molar refractivity (Wildman–Crippen MR) is 140 cm³/mol. The van der Waals surface area contributed by atoms with Gasteiger partial charge in [0, 0.05) is 64.1 Å². The molecule has 1 atom stereocenters. The van der Waals surface area contributed by atoms with Crippen molar-refractivity contribution in [2.75, 3.05) is 63.8 Å². The van der Waals surface area contributed by atoms with E-state index < -0.39 is 0 Å².